The van der Waals surface area contributed by atoms with Gasteiger partial charge < -0.3 is 9.25 Å². The summed E-state index contributed by atoms with van der Waals surface area (Å²) in [6.07, 6.45) is 2.25. The van der Waals surface area contributed by atoms with Gasteiger partial charge in [0.05, 0.1) is 0 Å². The van der Waals surface area contributed by atoms with Crippen LogP contribution in [0.2, 0.25) is 0 Å². The monoisotopic (exact) mass is 342 g/mol. The van der Waals surface area contributed by atoms with E-state index < -0.39 is 16.9 Å². The van der Waals surface area contributed by atoms with Gasteiger partial charge in [0.1, 0.15) is 12.0 Å². The quantitative estimate of drug-likeness (QED) is 0.734. The standard InChI is InChI=1S/C18H18N2O5/c1-2-3-9-13-10-14(21)25-16-15(13)17(22)20(18(23)19-16)24-11-12-7-5-4-6-8-12/h4-8,10H,2-3,9,11H2,1H3,(H,19,23). The molecule has 7 nitrogen and oxygen atoms in total. The molecule has 7 heteroatoms. The smallest absolute Gasteiger partial charge is 0.364 e. The summed E-state index contributed by atoms with van der Waals surface area (Å²) in [7, 11) is 0. The van der Waals surface area contributed by atoms with Crippen molar-refractivity contribution in [2.45, 2.75) is 32.8 Å². The van der Waals surface area contributed by atoms with Gasteiger partial charge in [0.2, 0.25) is 5.71 Å². The zero-order valence-corrected chi connectivity index (χ0v) is 13.8. The van der Waals surface area contributed by atoms with Crippen molar-refractivity contribution in [1.82, 2.24) is 9.71 Å². The second kappa shape index (κ2) is 7.21. The van der Waals surface area contributed by atoms with E-state index in [1.165, 1.54) is 6.07 Å². The average Bonchev–Trinajstić information content (AvgIpc) is 2.59. The number of aromatic nitrogens is 2. The van der Waals surface area contributed by atoms with Crippen molar-refractivity contribution in [1.29, 1.82) is 0 Å². The molecule has 0 aliphatic rings. The molecule has 0 saturated heterocycles. The molecule has 2 aromatic heterocycles. The van der Waals surface area contributed by atoms with E-state index in [1.807, 2.05) is 37.3 Å². The minimum Gasteiger partial charge on any atom is -0.405 e. The fraction of sp³-hybridized carbons (Fsp3) is 0.278. The van der Waals surface area contributed by atoms with Gasteiger partial charge >= 0.3 is 16.9 Å². The first-order valence-corrected chi connectivity index (χ1v) is 8.09. The van der Waals surface area contributed by atoms with Crippen LogP contribution in [-0.2, 0) is 13.0 Å². The van der Waals surface area contributed by atoms with Gasteiger partial charge in [0.25, 0.3) is 0 Å². The highest BCUT2D eigenvalue weighted by atomic mass is 16.7. The first-order valence-electron chi connectivity index (χ1n) is 8.09. The number of unbranched alkanes of at least 4 members (excludes halogenated alkanes) is 1. The number of fused-ring (bicyclic) bond motifs is 1. The molecule has 130 valence electrons. The number of H-pyrrole nitrogens is 1. The Labute approximate surface area is 142 Å². The number of hydrogen-bond acceptors (Lipinski definition) is 5. The van der Waals surface area contributed by atoms with Crippen molar-refractivity contribution in [2.75, 3.05) is 0 Å². The van der Waals surface area contributed by atoms with Crippen LogP contribution in [0.15, 0.2) is 55.2 Å². The largest absolute Gasteiger partial charge is 0.405 e. The van der Waals surface area contributed by atoms with Gasteiger partial charge in [-0.1, -0.05) is 48.4 Å². The average molecular weight is 342 g/mol. The normalized spacial score (nSPS) is 10.9. The van der Waals surface area contributed by atoms with Crippen molar-refractivity contribution in [3.63, 3.8) is 0 Å². The molecule has 1 aromatic carbocycles. The number of benzene rings is 1. The van der Waals surface area contributed by atoms with Crippen LogP contribution in [0, 0.1) is 0 Å². The SMILES string of the molecule is CCCCc1cc(=O)oc2[nH]c(=O)n(OCc3ccccc3)c(=O)c12. The summed E-state index contributed by atoms with van der Waals surface area (Å²) in [5.41, 5.74) is -0.773. The Morgan fingerprint density at radius 1 is 1.16 bits per heavy atom. The van der Waals surface area contributed by atoms with E-state index in [1.54, 1.807) is 0 Å². The number of nitrogens with zero attached hydrogens (tertiary/aromatic N) is 1. The van der Waals surface area contributed by atoms with E-state index >= 15 is 0 Å². The van der Waals surface area contributed by atoms with Crippen LogP contribution < -0.4 is 21.7 Å². The summed E-state index contributed by atoms with van der Waals surface area (Å²) < 4.78 is 5.65. The first kappa shape index (κ1) is 16.8. The lowest BCUT2D eigenvalue weighted by molar-refractivity contribution is 0.0801. The van der Waals surface area contributed by atoms with E-state index in [0.717, 1.165) is 18.4 Å². The molecule has 0 fully saturated rings. The minimum atomic E-state index is -0.788. The maximum Gasteiger partial charge on any atom is 0.364 e. The second-order valence-corrected chi connectivity index (χ2v) is 5.69. The summed E-state index contributed by atoms with van der Waals surface area (Å²) in [6.45, 7) is 2.08. The Bertz CT molecular complexity index is 1050. The topological polar surface area (TPSA) is 94.3 Å². The lowest BCUT2D eigenvalue weighted by Crippen LogP contribution is -2.40. The lowest BCUT2D eigenvalue weighted by Gasteiger charge is -2.09. The van der Waals surface area contributed by atoms with Crippen molar-refractivity contribution in [3.05, 3.63) is 78.8 Å². The molecule has 3 aromatic rings. The Morgan fingerprint density at radius 3 is 2.64 bits per heavy atom. The molecule has 0 amide bonds. The first-order chi connectivity index (χ1) is 12.1. The third-order valence-corrected chi connectivity index (χ3v) is 3.85. The van der Waals surface area contributed by atoms with E-state index in [4.69, 9.17) is 9.25 Å². The molecule has 3 rings (SSSR count). The van der Waals surface area contributed by atoms with E-state index in [0.29, 0.717) is 16.7 Å². The number of aromatic amines is 1. The van der Waals surface area contributed by atoms with Gasteiger partial charge in [-0.05, 0) is 24.0 Å². The maximum atomic E-state index is 12.7. The third-order valence-electron chi connectivity index (χ3n) is 3.85. The van der Waals surface area contributed by atoms with Crippen LogP contribution in [0.25, 0.3) is 11.1 Å². The molecule has 1 N–H and O–H groups in total. The molecule has 0 aliphatic heterocycles. The molecular formula is C18H18N2O5. The summed E-state index contributed by atoms with van der Waals surface area (Å²) in [4.78, 5) is 44.3. The maximum absolute atomic E-state index is 12.7. The molecular weight excluding hydrogens is 324 g/mol. The van der Waals surface area contributed by atoms with Crippen LogP contribution in [0.5, 0.6) is 0 Å². The zero-order chi connectivity index (χ0) is 17.8. The highest BCUT2D eigenvalue weighted by molar-refractivity contribution is 5.75. The van der Waals surface area contributed by atoms with E-state index in [2.05, 4.69) is 4.98 Å². The molecule has 0 unspecified atom stereocenters. The Kier molecular flexibility index (Phi) is 4.83. The molecule has 2 heterocycles. The third kappa shape index (κ3) is 3.55. The van der Waals surface area contributed by atoms with Gasteiger partial charge in [-0.3, -0.25) is 9.78 Å². The van der Waals surface area contributed by atoms with Crippen LogP contribution in [0.3, 0.4) is 0 Å². The van der Waals surface area contributed by atoms with Crippen LogP contribution >= 0.6 is 0 Å². The minimum absolute atomic E-state index is 0.0659. The van der Waals surface area contributed by atoms with Gasteiger partial charge in [0, 0.05) is 6.07 Å². The molecule has 0 bridgehead atoms. The molecule has 25 heavy (non-hydrogen) atoms. The Morgan fingerprint density at radius 2 is 1.92 bits per heavy atom. The van der Waals surface area contributed by atoms with Crippen LogP contribution in [-0.4, -0.2) is 9.71 Å². The summed E-state index contributed by atoms with van der Waals surface area (Å²) in [5.74, 6) is 0. The fourth-order valence-electron chi connectivity index (χ4n) is 2.60. The number of nitrogens with one attached hydrogen (secondary N) is 1. The molecule has 0 radical (unpaired) electrons. The van der Waals surface area contributed by atoms with Crippen LogP contribution in [0.1, 0.15) is 30.9 Å². The highest BCUT2D eigenvalue weighted by Gasteiger charge is 2.15. The zero-order valence-electron chi connectivity index (χ0n) is 13.8. The van der Waals surface area contributed by atoms with Gasteiger partial charge in [0.15, 0.2) is 0 Å². The van der Waals surface area contributed by atoms with Crippen molar-refractivity contribution in [2.24, 2.45) is 0 Å². The fourth-order valence-corrected chi connectivity index (χ4v) is 2.60. The highest BCUT2D eigenvalue weighted by Crippen LogP contribution is 2.12. The van der Waals surface area contributed by atoms with Gasteiger partial charge in [-0.25, -0.2) is 9.59 Å². The van der Waals surface area contributed by atoms with Crippen molar-refractivity contribution >= 4 is 11.1 Å². The summed E-state index contributed by atoms with van der Waals surface area (Å²) in [6, 6.07) is 10.5. The Hall–Kier alpha value is -3.09. The number of hydrogen-bond donors (Lipinski definition) is 1. The van der Waals surface area contributed by atoms with Gasteiger partial charge in [-0.2, -0.15) is 0 Å². The van der Waals surface area contributed by atoms with E-state index in [-0.39, 0.29) is 17.7 Å². The summed E-state index contributed by atoms with van der Waals surface area (Å²) >= 11 is 0. The van der Waals surface area contributed by atoms with Crippen LogP contribution in [0.4, 0.5) is 0 Å². The number of rotatable bonds is 6. The predicted molar refractivity (Wildman–Crippen MR) is 92.7 cm³/mol. The second-order valence-electron chi connectivity index (χ2n) is 5.69. The molecule has 0 atom stereocenters. The predicted octanol–water partition coefficient (Wildman–Crippen LogP) is 1.61. The van der Waals surface area contributed by atoms with Gasteiger partial charge in [-0.15, -0.1) is 0 Å². The Balaban J connectivity index is 2.07. The molecule has 0 aliphatic carbocycles. The molecule has 0 spiro atoms. The number of aryl methyl sites for hydroxylation is 1. The lowest BCUT2D eigenvalue weighted by atomic mass is 10.1. The van der Waals surface area contributed by atoms with E-state index in [9.17, 15) is 14.4 Å². The van der Waals surface area contributed by atoms with Crippen molar-refractivity contribution < 1.29 is 9.25 Å². The molecule has 0 saturated carbocycles. The van der Waals surface area contributed by atoms with Crippen molar-refractivity contribution in [3.8, 4) is 0 Å². The summed E-state index contributed by atoms with van der Waals surface area (Å²) in [5, 5.41) is 0.167.